The van der Waals surface area contributed by atoms with Crippen molar-refractivity contribution >= 4 is 35.1 Å². The van der Waals surface area contributed by atoms with Gasteiger partial charge in [-0.3, -0.25) is 0 Å². The Kier molecular flexibility index (Phi) is 14.0. The molecule has 9 heteroatoms. The zero-order valence-electron chi connectivity index (χ0n) is 16.7. The molecule has 0 aliphatic carbocycles. The fourth-order valence-electron chi connectivity index (χ4n) is 1.99. The quantitative estimate of drug-likeness (QED) is 0.311. The first-order valence-corrected chi connectivity index (χ1v) is 10.0. The van der Waals surface area contributed by atoms with Crippen LogP contribution in [-0.2, 0) is 37.0 Å². The smallest absolute Gasteiger partial charge is 0.331 e. The number of benzene rings is 2. The molecule has 0 aliphatic heterocycles. The first-order chi connectivity index (χ1) is 15.0. The third-order valence-corrected chi connectivity index (χ3v) is 4.22. The summed E-state index contributed by atoms with van der Waals surface area (Å²) in [5.74, 6) is -1.32. The molecule has 2 N–H and O–H groups in total. The number of esters is 2. The number of aliphatic hydroxyl groups excluding tert-OH is 2. The molecule has 0 fully saturated rings. The van der Waals surface area contributed by atoms with Gasteiger partial charge in [-0.15, -0.1) is 0 Å². The van der Waals surface area contributed by atoms with E-state index in [0.29, 0.717) is 34.4 Å². The first-order valence-electron chi connectivity index (χ1n) is 9.25. The highest BCUT2D eigenvalue weighted by molar-refractivity contribution is 6.31. The van der Waals surface area contributed by atoms with Gasteiger partial charge in [0.25, 0.3) is 0 Å². The van der Waals surface area contributed by atoms with Crippen LogP contribution in [0.1, 0.15) is 11.1 Å². The Morgan fingerprint density at radius 2 is 1.13 bits per heavy atom. The number of hydrogen-bond acceptors (Lipinski definition) is 7. The maximum atomic E-state index is 11.6. The molecule has 0 spiro atoms. The second kappa shape index (κ2) is 16.3. The van der Waals surface area contributed by atoms with Crippen LogP contribution in [0.15, 0.2) is 60.7 Å². The third kappa shape index (κ3) is 12.1. The summed E-state index contributed by atoms with van der Waals surface area (Å²) in [6.45, 7) is 0.746. The van der Waals surface area contributed by atoms with Gasteiger partial charge in [0, 0.05) is 33.3 Å². The molecule has 0 aromatic heterocycles. The van der Waals surface area contributed by atoms with Crippen LogP contribution in [-0.4, -0.2) is 48.6 Å². The molecule has 0 saturated carbocycles. The average Bonchev–Trinajstić information content (AvgIpc) is 2.77. The highest BCUT2D eigenvalue weighted by Crippen LogP contribution is 2.16. The van der Waals surface area contributed by atoms with Crippen molar-refractivity contribution in [3.05, 3.63) is 81.9 Å². The Labute approximate surface area is 190 Å². The largest absolute Gasteiger partial charge is 0.458 e. The summed E-state index contributed by atoms with van der Waals surface area (Å²) in [5, 5.41) is 17.2. The lowest BCUT2D eigenvalue weighted by atomic mass is 10.2. The molecule has 2 aromatic carbocycles. The molecule has 7 nitrogen and oxygen atoms in total. The van der Waals surface area contributed by atoms with Gasteiger partial charge in [0.15, 0.2) is 0 Å². The molecule has 168 valence electrons. The number of halogens is 2. The van der Waals surface area contributed by atoms with Crippen LogP contribution in [0.3, 0.4) is 0 Å². The first kappa shape index (κ1) is 26.6. The van der Waals surface area contributed by atoms with Crippen molar-refractivity contribution in [3.63, 3.8) is 0 Å². The zero-order chi connectivity index (χ0) is 22.9. The molecule has 31 heavy (non-hydrogen) atoms. The van der Waals surface area contributed by atoms with Gasteiger partial charge in [-0.05, 0) is 12.1 Å². The lowest BCUT2D eigenvalue weighted by molar-refractivity contribution is -0.141. The second-order valence-corrected chi connectivity index (χ2v) is 6.61. The number of carbonyl (C=O) groups excluding carboxylic acids is 2. The molecule has 2 rings (SSSR count). The predicted molar refractivity (Wildman–Crippen MR) is 117 cm³/mol. The Morgan fingerprint density at radius 3 is 1.48 bits per heavy atom. The summed E-state index contributed by atoms with van der Waals surface area (Å²) >= 11 is 11.9. The third-order valence-electron chi connectivity index (χ3n) is 3.48. The van der Waals surface area contributed by atoms with Gasteiger partial charge in [-0.25, -0.2) is 9.59 Å². The van der Waals surface area contributed by atoms with Crippen molar-refractivity contribution in [2.45, 2.75) is 13.2 Å². The summed E-state index contributed by atoms with van der Waals surface area (Å²) in [7, 11) is 0. The van der Waals surface area contributed by atoms with E-state index in [1.54, 1.807) is 48.5 Å². The molecule has 0 atom stereocenters. The Bertz CT molecular complexity index is 773. The SMILES string of the molecule is O=C(C=CC(=O)OCc1ccccc1Cl)OCc1ccccc1Cl.OCCOCCO. The van der Waals surface area contributed by atoms with Gasteiger partial charge in [0.05, 0.1) is 26.4 Å². The van der Waals surface area contributed by atoms with Crippen molar-refractivity contribution < 1.29 is 34.0 Å². The van der Waals surface area contributed by atoms with Crippen LogP contribution >= 0.6 is 23.2 Å². The van der Waals surface area contributed by atoms with E-state index in [1.165, 1.54) is 0 Å². The van der Waals surface area contributed by atoms with Crippen LogP contribution in [0.4, 0.5) is 0 Å². The summed E-state index contributed by atoms with van der Waals surface area (Å²) in [5.41, 5.74) is 1.37. The lowest BCUT2D eigenvalue weighted by Gasteiger charge is -2.05. The monoisotopic (exact) mass is 470 g/mol. The van der Waals surface area contributed by atoms with Gasteiger partial charge >= 0.3 is 11.9 Å². The molecule has 0 amide bonds. The summed E-state index contributed by atoms with van der Waals surface area (Å²) < 4.78 is 14.6. The van der Waals surface area contributed by atoms with Gasteiger partial charge in [0.2, 0.25) is 0 Å². The maximum absolute atomic E-state index is 11.6. The number of hydrogen-bond donors (Lipinski definition) is 2. The van der Waals surface area contributed by atoms with Crippen molar-refractivity contribution in [2.24, 2.45) is 0 Å². The van der Waals surface area contributed by atoms with Crippen LogP contribution in [0.2, 0.25) is 10.0 Å². The van der Waals surface area contributed by atoms with E-state index < -0.39 is 11.9 Å². The van der Waals surface area contributed by atoms with Crippen molar-refractivity contribution in [3.8, 4) is 0 Å². The number of aliphatic hydroxyl groups is 2. The molecule has 0 saturated heterocycles. The van der Waals surface area contributed by atoms with Crippen molar-refractivity contribution in [1.82, 2.24) is 0 Å². The van der Waals surface area contributed by atoms with Crippen molar-refractivity contribution in [2.75, 3.05) is 26.4 Å². The summed E-state index contributed by atoms with van der Waals surface area (Å²) in [6.07, 6.45) is 2.01. The minimum atomic E-state index is -0.662. The fraction of sp³-hybridized carbons (Fsp3) is 0.273. The summed E-state index contributed by atoms with van der Waals surface area (Å²) in [6, 6.07) is 14.0. The molecule has 0 aliphatic rings. The van der Waals surface area contributed by atoms with Crippen LogP contribution in [0, 0.1) is 0 Å². The van der Waals surface area contributed by atoms with Crippen LogP contribution in [0.25, 0.3) is 0 Å². The molecule has 0 heterocycles. The normalized spacial score (nSPS) is 10.3. The highest BCUT2D eigenvalue weighted by atomic mass is 35.5. The zero-order valence-corrected chi connectivity index (χ0v) is 18.2. The molecule has 0 radical (unpaired) electrons. The minimum Gasteiger partial charge on any atom is -0.458 e. The molecule has 0 bridgehead atoms. The molecular weight excluding hydrogens is 447 g/mol. The molecule has 0 unspecified atom stereocenters. The van der Waals surface area contributed by atoms with E-state index >= 15 is 0 Å². The van der Waals surface area contributed by atoms with Gasteiger partial charge in [-0.1, -0.05) is 59.6 Å². The summed E-state index contributed by atoms with van der Waals surface area (Å²) in [4.78, 5) is 23.2. The van der Waals surface area contributed by atoms with E-state index in [-0.39, 0.29) is 26.4 Å². The van der Waals surface area contributed by atoms with E-state index in [9.17, 15) is 9.59 Å². The topological polar surface area (TPSA) is 102 Å². The average molecular weight is 471 g/mol. The van der Waals surface area contributed by atoms with E-state index in [2.05, 4.69) is 4.74 Å². The maximum Gasteiger partial charge on any atom is 0.331 e. The van der Waals surface area contributed by atoms with E-state index in [1.807, 2.05) is 0 Å². The number of ether oxygens (including phenoxy) is 3. The fourth-order valence-corrected chi connectivity index (χ4v) is 2.37. The van der Waals surface area contributed by atoms with E-state index in [0.717, 1.165) is 12.2 Å². The molecular formula is C22H24Cl2O7. The highest BCUT2D eigenvalue weighted by Gasteiger charge is 2.05. The molecule has 2 aromatic rings. The minimum absolute atomic E-state index is 0.0253. The van der Waals surface area contributed by atoms with Crippen LogP contribution in [0.5, 0.6) is 0 Å². The van der Waals surface area contributed by atoms with Crippen molar-refractivity contribution in [1.29, 1.82) is 0 Å². The van der Waals surface area contributed by atoms with Gasteiger partial charge < -0.3 is 24.4 Å². The van der Waals surface area contributed by atoms with Crippen LogP contribution < -0.4 is 0 Å². The van der Waals surface area contributed by atoms with E-state index in [4.69, 9.17) is 42.9 Å². The number of carbonyl (C=O) groups is 2. The lowest BCUT2D eigenvalue weighted by Crippen LogP contribution is -2.05. The van der Waals surface area contributed by atoms with Gasteiger partial charge in [-0.2, -0.15) is 0 Å². The second-order valence-electron chi connectivity index (χ2n) is 5.79. The Hall–Kier alpha value is -2.42. The Morgan fingerprint density at radius 1 is 0.742 bits per heavy atom. The Balaban J connectivity index is 0.000000592. The number of rotatable bonds is 10. The predicted octanol–water partition coefficient (Wildman–Crippen LogP) is 3.32. The standard InChI is InChI=1S/C18H14Cl2O4.C4H10O3/c19-15-7-3-1-5-13(15)11-23-17(21)9-10-18(22)24-12-14-6-2-4-8-16(14)20;5-1-3-7-4-2-6/h1-10H,11-12H2;5-6H,1-4H2. The van der Waals surface area contributed by atoms with Gasteiger partial charge in [0.1, 0.15) is 13.2 Å².